The largest absolute Gasteiger partial charge is 0.395 e. The molecule has 0 aromatic rings. The average Bonchev–Trinajstić information content (AvgIpc) is 2.87. The average molecular weight is 225 g/mol. The molecule has 2 bridgehead atoms. The second kappa shape index (κ2) is 5.17. The summed E-state index contributed by atoms with van der Waals surface area (Å²) in [6.45, 7) is 3.28. The Morgan fingerprint density at radius 3 is 2.69 bits per heavy atom. The smallest absolute Gasteiger partial charge is 0.222 e. The first-order valence-electron chi connectivity index (χ1n) is 6.63. The molecule has 2 aliphatic carbocycles. The fraction of sp³-hybridized carbons (Fsp3) is 0.923. The van der Waals surface area contributed by atoms with Crippen molar-refractivity contribution in [1.82, 2.24) is 4.90 Å². The van der Waals surface area contributed by atoms with Crippen molar-refractivity contribution >= 4 is 5.91 Å². The number of aliphatic hydroxyl groups is 1. The van der Waals surface area contributed by atoms with Gasteiger partial charge in [0.25, 0.3) is 0 Å². The maximum Gasteiger partial charge on any atom is 0.222 e. The standard InChI is InChI=1S/C13H23NO2/c1-2-14(5-6-15)13(16)9-12-8-10-3-4-11(12)7-10/h10-12,15H,2-9H2,1H3/t10-,11-,12-/m0/s1. The SMILES string of the molecule is CCN(CCO)C(=O)C[C@@H]1C[C@H]2CC[C@H]1C2. The molecule has 16 heavy (non-hydrogen) atoms. The maximum atomic E-state index is 12.0. The third kappa shape index (κ3) is 2.40. The monoisotopic (exact) mass is 225 g/mol. The molecule has 3 heteroatoms. The van der Waals surface area contributed by atoms with Crippen LogP contribution in [0.15, 0.2) is 0 Å². The number of hydrogen-bond acceptors (Lipinski definition) is 2. The Hall–Kier alpha value is -0.570. The fourth-order valence-electron chi connectivity index (χ4n) is 3.56. The fourth-order valence-corrected chi connectivity index (χ4v) is 3.56. The molecule has 0 aliphatic heterocycles. The first-order chi connectivity index (χ1) is 7.74. The van der Waals surface area contributed by atoms with Gasteiger partial charge >= 0.3 is 0 Å². The van der Waals surface area contributed by atoms with E-state index in [2.05, 4.69) is 0 Å². The summed E-state index contributed by atoms with van der Waals surface area (Å²) in [6, 6.07) is 0. The Bertz CT molecular complexity index is 254. The number of carbonyl (C=O) groups excluding carboxylic acids is 1. The van der Waals surface area contributed by atoms with Crippen LogP contribution in [0.3, 0.4) is 0 Å². The van der Waals surface area contributed by atoms with Crippen LogP contribution in [0.1, 0.15) is 39.0 Å². The lowest BCUT2D eigenvalue weighted by Gasteiger charge is -2.25. The topological polar surface area (TPSA) is 40.5 Å². The normalized spacial score (nSPS) is 32.0. The Morgan fingerprint density at radius 1 is 1.38 bits per heavy atom. The van der Waals surface area contributed by atoms with Crippen molar-refractivity contribution in [2.24, 2.45) is 17.8 Å². The van der Waals surface area contributed by atoms with Crippen LogP contribution < -0.4 is 0 Å². The van der Waals surface area contributed by atoms with Crippen LogP contribution in [0.2, 0.25) is 0 Å². The summed E-state index contributed by atoms with van der Waals surface area (Å²) in [4.78, 5) is 13.8. The highest BCUT2D eigenvalue weighted by atomic mass is 16.3. The number of aliphatic hydroxyl groups excluding tert-OH is 1. The molecule has 0 aromatic carbocycles. The van der Waals surface area contributed by atoms with Gasteiger partial charge in [0.2, 0.25) is 5.91 Å². The van der Waals surface area contributed by atoms with Crippen molar-refractivity contribution in [3.63, 3.8) is 0 Å². The van der Waals surface area contributed by atoms with Gasteiger partial charge in [-0.25, -0.2) is 0 Å². The molecule has 2 saturated carbocycles. The summed E-state index contributed by atoms with van der Waals surface area (Å²) in [5.41, 5.74) is 0. The van der Waals surface area contributed by atoms with E-state index in [1.807, 2.05) is 6.92 Å². The predicted molar refractivity (Wildman–Crippen MR) is 62.9 cm³/mol. The number of carbonyl (C=O) groups is 1. The van der Waals surface area contributed by atoms with E-state index in [1.165, 1.54) is 25.7 Å². The Balaban J connectivity index is 1.82. The summed E-state index contributed by atoms with van der Waals surface area (Å²) in [5, 5.41) is 8.89. The quantitative estimate of drug-likeness (QED) is 0.773. The molecule has 1 amide bonds. The van der Waals surface area contributed by atoms with Crippen LogP contribution in [-0.2, 0) is 4.79 Å². The highest BCUT2D eigenvalue weighted by molar-refractivity contribution is 5.76. The van der Waals surface area contributed by atoms with E-state index < -0.39 is 0 Å². The van der Waals surface area contributed by atoms with Gasteiger partial charge in [-0.15, -0.1) is 0 Å². The zero-order chi connectivity index (χ0) is 11.5. The van der Waals surface area contributed by atoms with Gasteiger partial charge in [-0.05, 0) is 43.9 Å². The van der Waals surface area contributed by atoms with Crippen molar-refractivity contribution in [2.75, 3.05) is 19.7 Å². The highest BCUT2D eigenvalue weighted by Crippen LogP contribution is 2.49. The van der Waals surface area contributed by atoms with Gasteiger partial charge in [0.05, 0.1) is 6.61 Å². The molecule has 3 atom stereocenters. The number of nitrogens with zero attached hydrogens (tertiary/aromatic N) is 1. The minimum absolute atomic E-state index is 0.0797. The van der Waals surface area contributed by atoms with E-state index in [4.69, 9.17) is 5.11 Å². The van der Waals surface area contributed by atoms with Crippen LogP contribution in [0.5, 0.6) is 0 Å². The molecule has 0 heterocycles. The minimum Gasteiger partial charge on any atom is -0.395 e. The summed E-state index contributed by atoms with van der Waals surface area (Å²) in [7, 11) is 0. The van der Waals surface area contributed by atoms with Crippen LogP contribution in [0.25, 0.3) is 0 Å². The molecule has 0 spiro atoms. The number of rotatable bonds is 5. The van der Waals surface area contributed by atoms with Crippen molar-refractivity contribution in [2.45, 2.75) is 39.0 Å². The summed E-state index contributed by atoms with van der Waals surface area (Å²) >= 11 is 0. The first kappa shape index (κ1) is 11.9. The second-order valence-corrected chi connectivity index (χ2v) is 5.34. The summed E-state index contributed by atoms with van der Waals surface area (Å²) in [6.07, 6.45) is 6.09. The zero-order valence-corrected chi connectivity index (χ0v) is 10.2. The molecule has 0 radical (unpaired) electrons. The number of fused-ring (bicyclic) bond motifs is 2. The molecule has 0 saturated heterocycles. The van der Waals surface area contributed by atoms with Gasteiger partial charge in [0, 0.05) is 19.5 Å². The summed E-state index contributed by atoms with van der Waals surface area (Å²) < 4.78 is 0. The van der Waals surface area contributed by atoms with Crippen LogP contribution in [0.4, 0.5) is 0 Å². The van der Waals surface area contributed by atoms with E-state index >= 15 is 0 Å². The van der Waals surface area contributed by atoms with E-state index in [9.17, 15) is 4.79 Å². The Kier molecular flexibility index (Phi) is 3.85. The first-order valence-corrected chi connectivity index (χ1v) is 6.63. The number of amides is 1. The third-order valence-electron chi connectivity index (χ3n) is 4.43. The van der Waals surface area contributed by atoms with Gasteiger partial charge in [-0.3, -0.25) is 4.79 Å². The molecule has 0 unspecified atom stereocenters. The van der Waals surface area contributed by atoms with E-state index in [-0.39, 0.29) is 12.5 Å². The second-order valence-electron chi connectivity index (χ2n) is 5.34. The van der Waals surface area contributed by atoms with Crippen LogP contribution >= 0.6 is 0 Å². The molecule has 2 fully saturated rings. The Labute approximate surface area is 97.8 Å². The van der Waals surface area contributed by atoms with E-state index in [1.54, 1.807) is 4.90 Å². The van der Waals surface area contributed by atoms with Crippen LogP contribution in [0, 0.1) is 17.8 Å². The molecule has 0 aromatic heterocycles. The summed E-state index contributed by atoms with van der Waals surface area (Å²) in [5.74, 6) is 2.62. The van der Waals surface area contributed by atoms with Crippen molar-refractivity contribution < 1.29 is 9.90 Å². The van der Waals surface area contributed by atoms with Crippen molar-refractivity contribution in [3.8, 4) is 0 Å². The molecule has 3 nitrogen and oxygen atoms in total. The van der Waals surface area contributed by atoms with Crippen LogP contribution in [-0.4, -0.2) is 35.6 Å². The van der Waals surface area contributed by atoms with Gasteiger partial charge in [-0.1, -0.05) is 6.42 Å². The molecule has 2 aliphatic rings. The maximum absolute atomic E-state index is 12.0. The molecule has 1 N–H and O–H groups in total. The number of hydrogen-bond donors (Lipinski definition) is 1. The lowest BCUT2D eigenvalue weighted by molar-refractivity contribution is -0.132. The van der Waals surface area contributed by atoms with E-state index in [0.717, 1.165) is 24.8 Å². The third-order valence-corrected chi connectivity index (χ3v) is 4.43. The molecule has 2 rings (SSSR count). The van der Waals surface area contributed by atoms with Gasteiger partial charge in [0.1, 0.15) is 0 Å². The molecular formula is C13H23NO2. The highest BCUT2D eigenvalue weighted by Gasteiger charge is 2.40. The Morgan fingerprint density at radius 2 is 2.19 bits per heavy atom. The van der Waals surface area contributed by atoms with Crippen molar-refractivity contribution in [1.29, 1.82) is 0 Å². The lowest BCUT2D eigenvalue weighted by Crippen LogP contribution is -2.35. The lowest BCUT2D eigenvalue weighted by atomic mass is 9.86. The van der Waals surface area contributed by atoms with Gasteiger partial charge < -0.3 is 10.0 Å². The predicted octanol–water partition coefficient (Wildman–Crippen LogP) is 1.65. The van der Waals surface area contributed by atoms with Gasteiger partial charge in [-0.2, -0.15) is 0 Å². The van der Waals surface area contributed by atoms with Gasteiger partial charge in [0.15, 0.2) is 0 Å². The molecule has 92 valence electrons. The molecular weight excluding hydrogens is 202 g/mol. The van der Waals surface area contributed by atoms with Crippen molar-refractivity contribution in [3.05, 3.63) is 0 Å². The zero-order valence-electron chi connectivity index (χ0n) is 10.2. The number of likely N-dealkylation sites (N-methyl/N-ethyl adjacent to an activating group) is 1. The van der Waals surface area contributed by atoms with E-state index in [0.29, 0.717) is 12.5 Å². The minimum atomic E-state index is 0.0797.